The van der Waals surface area contributed by atoms with Crippen LogP contribution in [0.2, 0.25) is 0 Å². The first-order valence-corrected chi connectivity index (χ1v) is 8.67. The number of nitrogens with zero attached hydrogens (tertiary/aromatic N) is 2. The number of alkyl halides is 2. The Kier molecular flexibility index (Phi) is 5.30. The number of ether oxygens (including phenoxy) is 1. The summed E-state index contributed by atoms with van der Waals surface area (Å²) in [7, 11) is 0. The van der Waals surface area contributed by atoms with Crippen molar-refractivity contribution in [2.75, 3.05) is 6.61 Å². The van der Waals surface area contributed by atoms with Crippen LogP contribution in [0.4, 0.5) is 8.78 Å². The Hall–Kier alpha value is -1.21. The summed E-state index contributed by atoms with van der Waals surface area (Å²) in [5.74, 6) is -2.21. The highest BCUT2D eigenvalue weighted by molar-refractivity contribution is 7.91. The SMILES string of the molecule is CC(=N[S+](O)C(C)(C)C)c1ccc(OCC2CC(F)(F)C2)nc1. The molecule has 1 atom stereocenters. The molecule has 1 unspecified atom stereocenters. The molecule has 23 heavy (non-hydrogen) atoms. The fraction of sp³-hybridized carbons (Fsp3) is 0.625. The van der Waals surface area contributed by atoms with E-state index in [1.54, 1.807) is 18.3 Å². The Labute approximate surface area is 138 Å². The second-order valence-electron chi connectivity index (χ2n) is 6.88. The zero-order valence-corrected chi connectivity index (χ0v) is 14.7. The first kappa shape index (κ1) is 18.1. The summed E-state index contributed by atoms with van der Waals surface area (Å²) in [5, 5.41) is 0. The third-order valence-electron chi connectivity index (χ3n) is 3.57. The second kappa shape index (κ2) is 6.73. The molecule has 1 N–H and O–H groups in total. The Morgan fingerprint density at radius 2 is 2.09 bits per heavy atom. The molecule has 0 amide bonds. The van der Waals surface area contributed by atoms with Gasteiger partial charge >= 0.3 is 0 Å². The lowest BCUT2D eigenvalue weighted by molar-refractivity contribution is -0.119. The number of pyridine rings is 1. The van der Waals surface area contributed by atoms with Crippen molar-refractivity contribution in [2.24, 2.45) is 10.3 Å². The van der Waals surface area contributed by atoms with E-state index in [9.17, 15) is 13.3 Å². The van der Waals surface area contributed by atoms with Crippen LogP contribution < -0.4 is 4.74 Å². The zero-order chi connectivity index (χ0) is 17.3. The van der Waals surface area contributed by atoms with Crippen LogP contribution in [-0.2, 0) is 11.4 Å². The molecule has 0 bridgehead atoms. The van der Waals surface area contributed by atoms with Gasteiger partial charge in [0.25, 0.3) is 11.4 Å². The van der Waals surface area contributed by atoms with E-state index in [1.807, 2.05) is 27.7 Å². The fourth-order valence-electron chi connectivity index (χ4n) is 2.11. The molecule has 0 aliphatic heterocycles. The van der Waals surface area contributed by atoms with Gasteiger partial charge in [-0.1, -0.05) is 0 Å². The van der Waals surface area contributed by atoms with E-state index in [0.717, 1.165) is 5.56 Å². The Morgan fingerprint density at radius 3 is 2.57 bits per heavy atom. The first-order valence-electron chi connectivity index (χ1n) is 7.53. The van der Waals surface area contributed by atoms with E-state index < -0.39 is 17.3 Å². The third-order valence-corrected chi connectivity index (χ3v) is 5.11. The van der Waals surface area contributed by atoms with Crippen LogP contribution in [0.5, 0.6) is 5.88 Å². The minimum atomic E-state index is -2.52. The van der Waals surface area contributed by atoms with Gasteiger partial charge in [-0.05, 0) is 38.2 Å². The number of halogens is 2. The van der Waals surface area contributed by atoms with E-state index in [2.05, 4.69) is 9.38 Å². The predicted molar refractivity (Wildman–Crippen MR) is 89.4 cm³/mol. The van der Waals surface area contributed by atoms with Crippen molar-refractivity contribution in [2.45, 2.75) is 51.2 Å². The molecule has 7 heteroatoms. The molecule has 4 nitrogen and oxygen atoms in total. The third kappa shape index (κ3) is 5.14. The summed E-state index contributed by atoms with van der Waals surface area (Å²) in [5.41, 5.74) is 1.49. The average molecular weight is 345 g/mol. The highest BCUT2D eigenvalue weighted by Gasteiger charge is 2.45. The lowest BCUT2D eigenvalue weighted by atomic mass is 9.82. The standard InChI is InChI=1S/C16H23F2N2O2S/c1-11(20-23(21)15(2,3)4)13-5-6-14(19-9-13)22-10-12-7-16(17,18)8-12/h5-6,9,12,21H,7-8,10H2,1-4H3/q+1. The average Bonchev–Trinajstić information content (AvgIpc) is 2.42. The largest absolute Gasteiger partial charge is 0.477 e. The molecule has 128 valence electrons. The van der Waals surface area contributed by atoms with Gasteiger partial charge in [0.1, 0.15) is 5.71 Å². The minimum Gasteiger partial charge on any atom is -0.477 e. The summed E-state index contributed by atoms with van der Waals surface area (Å²) >= 11 is -1.08. The summed E-state index contributed by atoms with van der Waals surface area (Å²) in [4.78, 5) is 4.17. The van der Waals surface area contributed by atoms with E-state index in [1.165, 1.54) is 0 Å². The topological polar surface area (TPSA) is 54.7 Å². The van der Waals surface area contributed by atoms with Crippen LogP contribution in [0, 0.1) is 5.92 Å². The Morgan fingerprint density at radius 1 is 1.43 bits per heavy atom. The Bertz CT molecular complexity index is 562. The molecule has 1 aliphatic carbocycles. The van der Waals surface area contributed by atoms with Crippen LogP contribution in [0.3, 0.4) is 0 Å². The van der Waals surface area contributed by atoms with Crippen molar-refractivity contribution in [1.82, 2.24) is 4.98 Å². The summed E-state index contributed by atoms with van der Waals surface area (Å²) < 4.78 is 44.9. The van der Waals surface area contributed by atoms with Crippen molar-refractivity contribution >= 4 is 17.1 Å². The number of aromatic nitrogens is 1. The molecule has 0 aromatic carbocycles. The number of rotatable bonds is 5. The predicted octanol–water partition coefficient (Wildman–Crippen LogP) is 4.12. The maximum Gasteiger partial charge on any atom is 0.294 e. The van der Waals surface area contributed by atoms with Gasteiger partial charge < -0.3 is 4.74 Å². The molecule has 1 aromatic heterocycles. The van der Waals surface area contributed by atoms with Crippen molar-refractivity contribution in [3.05, 3.63) is 23.9 Å². The zero-order valence-electron chi connectivity index (χ0n) is 13.8. The van der Waals surface area contributed by atoms with Crippen molar-refractivity contribution in [3.63, 3.8) is 0 Å². The summed E-state index contributed by atoms with van der Waals surface area (Å²) in [6.07, 6.45) is 1.40. The van der Waals surface area contributed by atoms with Gasteiger partial charge in [-0.25, -0.2) is 13.8 Å². The van der Waals surface area contributed by atoms with Gasteiger partial charge in [-0.3, -0.25) is 0 Å². The van der Waals surface area contributed by atoms with Gasteiger partial charge in [0, 0.05) is 36.6 Å². The molecule has 1 fully saturated rings. The first-order chi connectivity index (χ1) is 10.6. The molecule has 1 saturated carbocycles. The molecule has 2 rings (SSSR count). The second-order valence-corrected chi connectivity index (χ2v) is 8.82. The minimum absolute atomic E-state index is 0.0992. The lowest BCUT2D eigenvalue weighted by Gasteiger charge is -2.34. The van der Waals surface area contributed by atoms with E-state index in [0.29, 0.717) is 11.6 Å². The van der Waals surface area contributed by atoms with Crippen LogP contribution in [0.1, 0.15) is 46.1 Å². The van der Waals surface area contributed by atoms with Crippen molar-refractivity contribution < 1.29 is 18.1 Å². The van der Waals surface area contributed by atoms with Gasteiger partial charge in [0.15, 0.2) is 4.75 Å². The molecule has 0 spiro atoms. The molecule has 0 radical (unpaired) electrons. The van der Waals surface area contributed by atoms with Crippen LogP contribution in [0.25, 0.3) is 0 Å². The molecule has 1 aliphatic rings. The molecule has 0 saturated heterocycles. The van der Waals surface area contributed by atoms with Gasteiger partial charge in [-0.2, -0.15) is 4.55 Å². The fourth-order valence-corrected chi connectivity index (χ4v) is 2.74. The maximum absolute atomic E-state index is 12.7. The van der Waals surface area contributed by atoms with Crippen LogP contribution in [0.15, 0.2) is 22.7 Å². The number of hydrogen-bond donors (Lipinski definition) is 1. The van der Waals surface area contributed by atoms with Crippen LogP contribution in [-0.4, -0.2) is 32.5 Å². The quantitative estimate of drug-likeness (QED) is 0.645. The maximum atomic E-state index is 12.7. The highest BCUT2D eigenvalue weighted by atomic mass is 32.2. The van der Waals surface area contributed by atoms with Gasteiger partial charge in [0.05, 0.1) is 6.61 Å². The van der Waals surface area contributed by atoms with E-state index in [-0.39, 0.29) is 30.1 Å². The smallest absolute Gasteiger partial charge is 0.294 e. The van der Waals surface area contributed by atoms with E-state index in [4.69, 9.17) is 4.74 Å². The Balaban J connectivity index is 1.90. The molecular weight excluding hydrogens is 322 g/mol. The number of hydrogen-bond acceptors (Lipinski definition) is 4. The highest BCUT2D eigenvalue weighted by Crippen LogP contribution is 2.42. The van der Waals surface area contributed by atoms with Crippen LogP contribution >= 0.6 is 0 Å². The molecule has 1 aromatic rings. The van der Waals surface area contributed by atoms with Crippen molar-refractivity contribution in [1.29, 1.82) is 0 Å². The van der Waals surface area contributed by atoms with Crippen molar-refractivity contribution in [3.8, 4) is 5.88 Å². The summed E-state index contributed by atoms with van der Waals surface area (Å²) in [6, 6.07) is 3.49. The molecular formula is C16H23F2N2O2S+. The normalized spacial score (nSPS) is 20.0. The van der Waals surface area contributed by atoms with Gasteiger partial charge in [0.2, 0.25) is 11.8 Å². The van der Waals surface area contributed by atoms with E-state index >= 15 is 0 Å². The summed E-state index contributed by atoms with van der Waals surface area (Å²) in [6.45, 7) is 7.85. The monoisotopic (exact) mass is 345 g/mol. The van der Waals surface area contributed by atoms with Gasteiger partial charge in [-0.15, -0.1) is 0 Å². The molecule has 1 heterocycles. The lowest BCUT2D eigenvalue weighted by Crippen LogP contribution is -2.38.